The molecule has 1 aliphatic rings. The van der Waals surface area contributed by atoms with Gasteiger partial charge in [-0.05, 0) is 45.0 Å². The van der Waals surface area contributed by atoms with E-state index in [1.807, 2.05) is 16.9 Å². The second-order valence-corrected chi connectivity index (χ2v) is 6.13. The molecule has 1 fully saturated rings. The van der Waals surface area contributed by atoms with Crippen molar-refractivity contribution in [3.05, 3.63) is 30.2 Å². The minimum absolute atomic E-state index is 0.184. The number of nitrogens with zero attached hydrogens (tertiary/aromatic N) is 5. The Labute approximate surface area is 125 Å². The van der Waals surface area contributed by atoms with Crippen molar-refractivity contribution in [3.63, 3.8) is 0 Å². The summed E-state index contributed by atoms with van der Waals surface area (Å²) in [4.78, 5) is 6.95. The largest absolute Gasteiger partial charge is 0.339 e. The third kappa shape index (κ3) is 3.69. The Bertz CT molecular complexity index is 542. The van der Waals surface area contributed by atoms with Crippen molar-refractivity contribution < 1.29 is 4.52 Å². The van der Waals surface area contributed by atoms with E-state index in [0.717, 1.165) is 18.8 Å². The van der Waals surface area contributed by atoms with Gasteiger partial charge in [-0.2, -0.15) is 10.1 Å². The minimum Gasteiger partial charge on any atom is -0.339 e. The topological polar surface area (TPSA) is 60.0 Å². The van der Waals surface area contributed by atoms with Gasteiger partial charge in [-0.1, -0.05) is 12.1 Å². The van der Waals surface area contributed by atoms with Crippen LogP contribution in [0.2, 0.25) is 0 Å². The Morgan fingerprint density at radius 1 is 1.38 bits per heavy atom. The van der Waals surface area contributed by atoms with E-state index >= 15 is 0 Å². The lowest BCUT2D eigenvalue weighted by molar-refractivity contribution is 0.216. The van der Waals surface area contributed by atoms with Crippen LogP contribution < -0.4 is 0 Å². The van der Waals surface area contributed by atoms with Crippen LogP contribution in [0.1, 0.15) is 37.4 Å². The van der Waals surface area contributed by atoms with Gasteiger partial charge in [0.1, 0.15) is 0 Å². The van der Waals surface area contributed by atoms with Gasteiger partial charge in [0.25, 0.3) is 0 Å². The zero-order valence-corrected chi connectivity index (χ0v) is 12.8. The Hall–Kier alpha value is -1.69. The van der Waals surface area contributed by atoms with Crippen molar-refractivity contribution in [1.82, 2.24) is 24.8 Å². The second kappa shape index (κ2) is 6.39. The van der Waals surface area contributed by atoms with Crippen LogP contribution in [0.5, 0.6) is 0 Å². The van der Waals surface area contributed by atoms with E-state index in [2.05, 4.69) is 34.1 Å². The van der Waals surface area contributed by atoms with Crippen LogP contribution in [-0.4, -0.2) is 45.0 Å². The summed E-state index contributed by atoms with van der Waals surface area (Å²) in [6.07, 6.45) is 7.12. The Kier molecular flexibility index (Phi) is 4.34. The molecule has 3 heterocycles. The fraction of sp³-hybridized carbons (Fsp3) is 0.667. The molecule has 0 unspecified atom stereocenters. The molecule has 0 N–H and O–H groups in total. The van der Waals surface area contributed by atoms with Gasteiger partial charge in [0.2, 0.25) is 5.89 Å². The molecule has 0 spiro atoms. The van der Waals surface area contributed by atoms with E-state index in [-0.39, 0.29) is 5.92 Å². The van der Waals surface area contributed by atoms with Crippen molar-refractivity contribution >= 4 is 0 Å². The molecule has 0 amide bonds. The lowest BCUT2D eigenvalue weighted by Gasteiger charge is -2.28. The summed E-state index contributed by atoms with van der Waals surface area (Å²) in [7, 11) is 2.18. The summed E-state index contributed by atoms with van der Waals surface area (Å²) < 4.78 is 7.32. The van der Waals surface area contributed by atoms with E-state index in [9.17, 15) is 0 Å². The predicted octanol–water partition coefficient (Wildman–Crippen LogP) is 1.95. The van der Waals surface area contributed by atoms with E-state index in [1.165, 1.54) is 25.9 Å². The Morgan fingerprint density at radius 3 is 2.90 bits per heavy atom. The van der Waals surface area contributed by atoms with Gasteiger partial charge in [-0.3, -0.25) is 4.68 Å². The lowest BCUT2D eigenvalue weighted by atomic mass is 9.93. The standard InChI is InChI=1S/C15H23N5O/c1-12(11-20-7-3-6-16-20)15-17-14(18-21-15)10-13-4-8-19(2)9-5-13/h3,6-7,12-13H,4-5,8-11H2,1-2H3/t12-/m0/s1. The summed E-state index contributed by atoms with van der Waals surface area (Å²) >= 11 is 0. The molecule has 2 aromatic heterocycles. The minimum atomic E-state index is 0.184. The molecule has 0 bridgehead atoms. The molecule has 6 heteroatoms. The number of rotatable bonds is 5. The maximum Gasteiger partial charge on any atom is 0.231 e. The highest BCUT2D eigenvalue weighted by atomic mass is 16.5. The Morgan fingerprint density at radius 2 is 2.19 bits per heavy atom. The molecule has 3 rings (SSSR count). The number of hydrogen-bond donors (Lipinski definition) is 0. The molecule has 0 aromatic carbocycles. The first-order chi connectivity index (χ1) is 10.2. The van der Waals surface area contributed by atoms with Crippen LogP contribution in [0.4, 0.5) is 0 Å². The average Bonchev–Trinajstić information content (AvgIpc) is 3.13. The van der Waals surface area contributed by atoms with Crippen LogP contribution in [0.25, 0.3) is 0 Å². The summed E-state index contributed by atoms with van der Waals surface area (Å²) in [5, 5.41) is 8.36. The van der Waals surface area contributed by atoms with Crippen LogP contribution in [-0.2, 0) is 13.0 Å². The van der Waals surface area contributed by atoms with Crippen LogP contribution >= 0.6 is 0 Å². The van der Waals surface area contributed by atoms with E-state index < -0.39 is 0 Å². The van der Waals surface area contributed by atoms with Gasteiger partial charge in [0.15, 0.2) is 5.82 Å². The monoisotopic (exact) mass is 289 g/mol. The normalized spacial score (nSPS) is 19.0. The molecule has 21 heavy (non-hydrogen) atoms. The Balaban J connectivity index is 1.55. The van der Waals surface area contributed by atoms with Crippen molar-refractivity contribution in [3.8, 4) is 0 Å². The number of piperidine rings is 1. The van der Waals surface area contributed by atoms with Crippen molar-refractivity contribution in [2.75, 3.05) is 20.1 Å². The predicted molar refractivity (Wildman–Crippen MR) is 78.9 cm³/mol. The van der Waals surface area contributed by atoms with E-state index in [0.29, 0.717) is 11.8 Å². The maximum absolute atomic E-state index is 5.43. The summed E-state index contributed by atoms with van der Waals surface area (Å²) in [6.45, 7) is 5.20. The summed E-state index contributed by atoms with van der Waals surface area (Å²) in [5.41, 5.74) is 0. The molecule has 2 aromatic rings. The lowest BCUT2D eigenvalue weighted by Crippen LogP contribution is -2.31. The first-order valence-electron chi connectivity index (χ1n) is 7.69. The molecule has 114 valence electrons. The molecule has 1 aliphatic heterocycles. The molecular formula is C15H23N5O. The number of aromatic nitrogens is 4. The molecule has 6 nitrogen and oxygen atoms in total. The number of likely N-dealkylation sites (tertiary alicyclic amines) is 1. The number of hydrogen-bond acceptors (Lipinski definition) is 5. The summed E-state index contributed by atoms with van der Waals surface area (Å²) in [5.74, 6) is 2.44. The van der Waals surface area contributed by atoms with Gasteiger partial charge in [-0.15, -0.1) is 0 Å². The third-order valence-corrected chi connectivity index (χ3v) is 4.23. The first kappa shape index (κ1) is 14.3. The smallest absolute Gasteiger partial charge is 0.231 e. The average molecular weight is 289 g/mol. The fourth-order valence-corrected chi connectivity index (χ4v) is 2.84. The third-order valence-electron chi connectivity index (χ3n) is 4.23. The van der Waals surface area contributed by atoms with Crippen molar-refractivity contribution in [2.45, 2.75) is 38.6 Å². The summed E-state index contributed by atoms with van der Waals surface area (Å²) in [6, 6.07) is 1.92. The van der Waals surface area contributed by atoms with Gasteiger partial charge < -0.3 is 9.42 Å². The van der Waals surface area contributed by atoms with Gasteiger partial charge in [0.05, 0.1) is 12.5 Å². The van der Waals surface area contributed by atoms with Crippen molar-refractivity contribution in [2.24, 2.45) is 5.92 Å². The van der Waals surface area contributed by atoms with E-state index in [1.54, 1.807) is 6.20 Å². The first-order valence-corrected chi connectivity index (χ1v) is 7.69. The highest BCUT2D eigenvalue weighted by Crippen LogP contribution is 2.21. The van der Waals surface area contributed by atoms with E-state index in [4.69, 9.17) is 4.52 Å². The highest BCUT2D eigenvalue weighted by molar-refractivity contribution is 4.94. The second-order valence-electron chi connectivity index (χ2n) is 6.13. The highest BCUT2D eigenvalue weighted by Gasteiger charge is 2.21. The van der Waals surface area contributed by atoms with Crippen molar-refractivity contribution in [1.29, 1.82) is 0 Å². The SMILES string of the molecule is C[C@@H](Cn1cccn1)c1nc(CC2CCN(C)CC2)no1. The van der Waals surface area contributed by atoms with Gasteiger partial charge >= 0.3 is 0 Å². The molecule has 1 atom stereocenters. The molecule has 0 aliphatic carbocycles. The van der Waals surface area contributed by atoms with Crippen LogP contribution in [0.15, 0.2) is 23.0 Å². The van der Waals surface area contributed by atoms with Crippen LogP contribution in [0.3, 0.4) is 0 Å². The molecule has 0 saturated carbocycles. The van der Waals surface area contributed by atoms with Gasteiger partial charge in [-0.25, -0.2) is 0 Å². The fourth-order valence-electron chi connectivity index (χ4n) is 2.84. The van der Waals surface area contributed by atoms with Gasteiger partial charge in [0, 0.05) is 18.8 Å². The zero-order valence-electron chi connectivity index (χ0n) is 12.8. The molecular weight excluding hydrogens is 266 g/mol. The maximum atomic E-state index is 5.43. The quantitative estimate of drug-likeness (QED) is 0.842. The molecule has 0 radical (unpaired) electrons. The molecule has 1 saturated heterocycles. The zero-order chi connectivity index (χ0) is 14.7. The van der Waals surface area contributed by atoms with Crippen LogP contribution in [0, 0.1) is 5.92 Å².